The van der Waals surface area contributed by atoms with E-state index in [0.717, 1.165) is 0 Å². The molecule has 7 heteroatoms. The van der Waals surface area contributed by atoms with Gasteiger partial charge < -0.3 is 15.8 Å². The Bertz CT molecular complexity index is 469. The second-order valence-electron chi connectivity index (χ2n) is 4.03. The fourth-order valence-corrected chi connectivity index (χ4v) is 1.70. The number of benzene rings is 1. The lowest BCUT2D eigenvalue weighted by Gasteiger charge is -2.10. The summed E-state index contributed by atoms with van der Waals surface area (Å²) in [5.41, 5.74) is 6.68. The number of hydrogen-bond donors (Lipinski definition) is 2. The number of amides is 1. The van der Waals surface area contributed by atoms with E-state index < -0.39 is 13.0 Å². The SMILES string of the molecule is NC(=S)c1ccccc1NC(=O)CCCOCC(F)F. The summed E-state index contributed by atoms with van der Waals surface area (Å²) < 4.78 is 28.3. The van der Waals surface area contributed by atoms with Crippen LogP contribution in [-0.2, 0) is 9.53 Å². The Morgan fingerprint density at radius 2 is 2.10 bits per heavy atom. The van der Waals surface area contributed by atoms with Crippen LogP contribution in [0, 0.1) is 0 Å². The number of alkyl halides is 2. The highest BCUT2D eigenvalue weighted by Gasteiger charge is 2.08. The number of carbonyl (C=O) groups excluding carboxylic acids is 1. The average Bonchev–Trinajstić information content (AvgIpc) is 2.38. The summed E-state index contributed by atoms with van der Waals surface area (Å²) in [7, 11) is 0. The molecule has 1 rings (SSSR count). The van der Waals surface area contributed by atoms with Gasteiger partial charge in [-0.15, -0.1) is 0 Å². The first-order valence-electron chi connectivity index (χ1n) is 6.05. The van der Waals surface area contributed by atoms with Gasteiger partial charge in [0.05, 0.1) is 5.69 Å². The molecule has 0 aromatic heterocycles. The van der Waals surface area contributed by atoms with Crippen LogP contribution in [0.1, 0.15) is 18.4 Å². The van der Waals surface area contributed by atoms with E-state index in [0.29, 0.717) is 17.7 Å². The molecule has 4 nitrogen and oxygen atoms in total. The van der Waals surface area contributed by atoms with Crippen molar-refractivity contribution in [2.24, 2.45) is 5.73 Å². The largest absolute Gasteiger partial charge is 0.389 e. The van der Waals surface area contributed by atoms with Crippen LogP contribution >= 0.6 is 12.2 Å². The summed E-state index contributed by atoms with van der Waals surface area (Å²) in [6.45, 7) is -0.486. The van der Waals surface area contributed by atoms with Crippen LogP contribution in [-0.4, -0.2) is 30.5 Å². The van der Waals surface area contributed by atoms with Gasteiger partial charge in [0.1, 0.15) is 11.6 Å². The number of anilines is 1. The van der Waals surface area contributed by atoms with E-state index in [9.17, 15) is 13.6 Å². The number of hydrogen-bond acceptors (Lipinski definition) is 3. The second-order valence-corrected chi connectivity index (χ2v) is 4.47. The molecule has 0 fully saturated rings. The lowest BCUT2D eigenvalue weighted by atomic mass is 10.1. The third-order valence-corrected chi connectivity index (χ3v) is 2.62. The van der Waals surface area contributed by atoms with Gasteiger partial charge in [0, 0.05) is 18.6 Å². The van der Waals surface area contributed by atoms with Crippen LogP contribution in [0.15, 0.2) is 24.3 Å². The monoisotopic (exact) mass is 302 g/mol. The summed E-state index contributed by atoms with van der Waals surface area (Å²) in [6.07, 6.45) is -1.94. The van der Waals surface area contributed by atoms with Crippen molar-refractivity contribution in [1.82, 2.24) is 0 Å². The van der Waals surface area contributed by atoms with Crippen molar-refractivity contribution in [2.45, 2.75) is 19.3 Å². The Kier molecular flexibility index (Phi) is 7.03. The summed E-state index contributed by atoms with van der Waals surface area (Å²) >= 11 is 4.88. The Hall–Kier alpha value is -1.60. The van der Waals surface area contributed by atoms with Crippen molar-refractivity contribution >= 4 is 28.8 Å². The molecule has 0 heterocycles. The van der Waals surface area contributed by atoms with Gasteiger partial charge in [-0.3, -0.25) is 4.79 Å². The number of ether oxygens (including phenoxy) is 1. The van der Waals surface area contributed by atoms with Crippen LogP contribution in [0.3, 0.4) is 0 Å². The lowest BCUT2D eigenvalue weighted by Crippen LogP contribution is -2.17. The van der Waals surface area contributed by atoms with E-state index in [1.807, 2.05) is 0 Å². The highest BCUT2D eigenvalue weighted by atomic mass is 32.1. The molecule has 0 unspecified atom stereocenters. The van der Waals surface area contributed by atoms with Gasteiger partial charge in [-0.05, 0) is 18.6 Å². The maximum Gasteiger partial charge on any atom is 0.261 e. The third-order valence-electron chi connectivity index (χ3n) is 2.40. The summed E-state index contributed by atoms with van der Waals surface area (Å²) in [6, 6.07) is 6.93. The van der Waals surface area contributed by atoms with E-state index in [4.69, 9.17) is 18.0 Å². The van der Waals surface area contributed by atoms with E-state index >= 15 is 0 Å². The van der Waals surface area contributed by atoms with Crippen LogP contribution < -0.4 is 11.1 Å². The first-order valence-corrected chi connectivity index (χ1v) is 6.46. The van der Waals surface area contributed by atoms with Crippen molar-refractivity contribution in [3.63, 3.8) is 0 Å². The van der Waals surface area contributed by atoms with Crippen molar-refractivity contribution < 1.29 is 18.3 Å². The molecule has 0 bridgehead atoms. The topological polar surface area (TPSA) is 64.3 Å². The second kappa shape index (κ2) is 8.55. The standard InChI is InChI=1S/C13H16F2N2O2S/c14-11(15)8-19-7-3-6-12(18)17-10-5-2-1-4-9(10)13(16)20/h1-2,4-5,11H,3,6-8H2,(H2,16,20)(H,17,18). The zero-order chi connectivity index (χ0) is 15.0. The van der Waals surface area contributed by atoms with Gasteiger partial charge in [-0.2, -0.15) is 0 Å². The molecule has 0 atom stereocenters. The number of nitrogens with one attached hydrogen (secondary N) is 1. The Balaban J connectivity index is 2.37. The minimum absolute atomic E-state index is 0.120. The number of carbonyl (C=O) groups is 1. The molecule has 20 heavy (non-hydrogen) atoms. The predicted octanol–water partition coefficient (Wildman–Crippen LogP) is 2.32. The highest BCUT2D eigenvalue weighted by Crippen LogP contribution is 2.15. The van der Waals surface area contributed by atoms with Gasteiger partial charge in [0.15, 0.2) is 0 Å². The number of nitrogens with two attached hydrogens (primary N) is 1. The molecule has 1 amide bonds. The third kappa shape index (κ3) is 6.03. The van der Waals surface area contributed by atoms with Crippen LogP contribution in [0.4, 0.5) is 14.5 Å². The quantitative estimate of drug-likeness (QED) is 0.571. The van der Waals surface area contributed by atoms with Crippen molar-refractivity contribution in [3.8, 4) is 0 Å². The molecule has 0 aliphatic heterocycles. The number of para-hydroxylation sites is 1. The summed E-state index contributed by atoms with van der Waals surface area (Å²) in [4.78, 5) is 11.9. The molecule has 1 aromatic carbocycles. The maximum absolute atomic E-state index is 11.8. The zero-order valence-corrected chi connectivity index (χ0v) is 11.6. The molecule has 0 radical (unpaired) electrons. The molecule has 0 saturated heterocycles. The van der Waals surface area contributed by atoms with Crippen molar-refractivity contribution in [2.75, 3.05) is 18.5 Å². The first kappa shape index (κ1) is 16.5. The van der Waals surface area contributed by atoms with E-state index in [-0.39, 0.29) is 23.9 Å². The summed E-state index contributed by atoms with van der Waals surface area (Å²) in [5, 5.41) is 2.68. The fraction of sp³-hybridized carbons (Fsp3) is 0.385. The molecule has 110 valence electrons. The number of thiocarbonyl (C=S) groups is 1. The molecule has 0 saturated carbocycles. The molecule has 0 spiro atoms. The molecule has 0 aliphatic rings. The minimum Gasteiger partial charge on any atom is -0.389 e. The highest BCUT2D eigenvalue weighted by molar-refractivity contribution is 7.80. The van der Waals surface area contributed by atoms with Crippen LogP contribution in [0.2, 0.25) is 0 Å². The maximum atomic E-state index is 11.8. The predicted molar refractivity (Wildman–Crippen MR) is 77.0 cm³/mol. The van der Waals surface area contributed by atoms with Gasteiger partial charge in [-0.1, -0.05) is 24.4 Å². The summed E-state index contributed by atoms with van der Waals surface area (Å²) in [5.74, 6) is -0.241. The van der Waals surface area contributed by atoms with Gasteiger partial charge in [0.2, 0.25) is 5.91 Å². The molecular weight excluding hydrogens is 286 g/mol. The number of halogens is 2. The Morgan fingerprint density at radius 3 is 2.75 bits per heavy atom. The minimum atomic E-state index is -2.48. The average molecular weight is 302 g/mol. The molecule has 3 N–H and O–H groups in total. The van der Waals surface area contributed by atoms with E-state index in [2.05, 4.69) is 10.1 Å². The van der Waals surface area contributed by atoms with Crippen LogP contribution in [0.5, 0.6) is 0 Å². The zero-order valence-electron chi connectivity index (χ0n) is 10.8. The van der Waals surface area contributed by atoms with Gasteiger partial charge in [-0.25, -0.2) is 8.78 Å². The van der Waals surface area contributed by atoms with Crippen LogP contribution in [0.25, 0.3) is 0 Å². The normalized spacial score (nSPS) is 10.6. The van der Waals surface area contributed by atoms with Gasteiger partial charge in [0.25, 0.3) is 6.43 Å². The molecule has 0 aliphatic carbocycles. The molecular formula is C13H16F2N2O2S. The fourth-order valence-electron chi connectivity index (χ4n) is 1.53. The van der Waals surface area contributed by atoms with Gasteiger partial charge >= 0.3 is 0 Å². The van der Waals surface area contributed by atoms with E-state index in [1.54, 1.807) is 24.3 Å². The molecule has 1 aromatic rings. The Morgan fingerprint density at radius 1 is 1.40 bits per heavy atom. The smallest absolute Gasteiger partial charge is 0.261 e. The first-order chi connectivity index (χ1) is 9.50. The Labute approximate surface area is 121 Å². The van der Waals surface area contributed by atoms with Crippen molar-refractivity contribution in [1.29, 1.82) is 0 Å². The lowest BCUT2D eigenvalue weighted by molar-refractivity contribution is -0.116. The van der Waals surface area contributed by atoms with Crippen molar-refractivity contribution in [3.05, 3.63) is 29.8 Å². The van der Waals surface area contributed by atoms with E-state index in [1.165, 1.54) is 0 Å². The number of rotatable bonds is 8.